The zero-order chi connectivity index (χ0) is 14.7. The standard InChI is InChI=1S/C17H27FN2/c1-5-12(2)17-11-20(14(4)9-19-17)10-15-8-16(18)7-6-13(15)3/h6-8,12,14,17,19H,5,9-11H2,1-4H3. The maximum Gasteiger partial charge on any atom is 0.123 e. The first-order valence-corrected chi connectivity index (χ1v) is 7.73. The van der Waals surface area contributed by atoms with Gasteiger partial charge < -0.3 is 5.32 Å². The van der Waals surface area contributed by atoms with E-state index in [0.717, 1.165) is 25.2 Å². The fourth-order valence-electron chi connectivity index (χ4n) is 2.86. The number of rotatable bonds is 4. The molecule has 0 spiro atoms. The fraction of sp³-hybridized carbons (Fsp3) is 0.647. The topological polar surface area (TPSA) is 15.3 Å². The van der Waals surface area contributed by atoms with Gasteiger partial charge in [-0.1, -0.05) is 26.3 Å². The molecule has 0 aliphatic carbocycles. The molecule has 2 nitrogen and oxygen atoms in total. The minimum Gasteiger partial charge on any atom is -0.311 e. The summed E-state index contributed by atoms with van der Waals surface area (Å²) in [6.45, 7) is 11.8. The molecular formula is C17H27FN2. The van der Waals surface area contributed by atoms with Crippen LogP contribution in [0.25, 0.3) is 0 Å². The van der Waals surface area contributed by atoms with Crippen LogP contribution in [0.3, 0.4) is 0 Å². The molecule has 1 aliphatic rings. The fourth-order valence-corrected chi connectivity index (χ4v) is 2.86. The van der Waals surface area contributed by atoms with E-state index in [1.165, 1.54) is 12.0 Å². The van der Waals surface area contributed by atoms with E-state index >= 15 is 0 Å². The van der Waals surface area contributed by atoms with Crippen molar-refractivity contribution in [2.45, 2.75) is 52.7 Å². The molecule has 0 aromatic heterocycles. The largest absolute Gasteiger partial charge is 0.311 e. The van der Waals surface area contributed by atoms with Gasteiger partial charge in [-0.05, 0) is 43.0 Å². The Morgan fingerprint density at radius 3 is 2.90 bits per heavy atom. The number of hydrogen-bond donors (Lipinski definition) is 1. The molecule has 0 radical (unpaired) electrons. The second kappa shape index (κ2) is 6.68. The van der Waals surface area contributed by atoms with Crippen LogP contribution in [-0.2, 0) is 6.54 Å². The monoisotopic (exact) mass is 278 g/mol. The summed E-state index contributed by atoms with van der Waals surface area (Å²) in [6, 6.07) is 6.15. The van der Waals surface area contributed by atoms with Gasteiger partial charge in [0.1, 0.15) is 5.82 Å². The second-order valence-corrected chi connectivity index (χ2v) is 6.25. The summed E-state index contributed by atoms with van der Waals surface area (Å²) < 4.78 is 13.4. The van der Waals surface area contributed by atoms with Crippen LogP contribution < -0.4 is 5.32 Å². The van der Waals surface area contributed by atoms with E-state index in [-0.39, 0.29) is 5.82 Å². The molecule has 0 amide bonds. The lowest BCUT2D eigenvalue weighted by atomic mass is 9.95. The Morgan fingerprint density at radius 1 is 1.45 bits per heavy atom. The highest BCUT2D eigenvalue weighted by molar-refractivity contribution is 5.26. The van der Waals surface area contributed by atoms with E-state index in [9.17, 15) is 4.39 Å². The smallest absolute Gasteiger partial charge is 0.123 e. The molecule has 1 aromatic carbocycles. The van der Waals surface area contributed by atoms with E-state index in [1.54, 1.807) is 12.1 Å². The van der Waals surface area contributed by atoms with Gasteiger partial charge in [-0.15, -0.1) is 0 Å². The van der Waals surface area contributed by atoms with Gasteiger partial charge >= 0.3 is 0 Å². The lowest BCUT2D eigenvalue weighted by Gasteiger charge is -2.41. The summed E-state index contributed by atoms with van der Waals surface area (Å²) in [6.07, 6.45) is 1.19. The first kappa shape index (κ1) is 15.5. The molecule has 0 bridgehead atoms. The van der Waals surface area contributed by atoms with E-state index in [1.807, 2.05) is 6.07 Å². The summed E-state index contributed by atoms with van der Waals surface area (Å²) >= 11 is 0. The minimum absolute atomic E-state index is 0.133. The quantitative estimate of drug-likeness (QED) is 0.908. The van der Waals surface area contributed by atoms with Crippen molar-refractivity contribution in [3.8, 4) is 0 Å². The van der Waals surface area contributed by atoms with Crippen molar-refractivity contribution in [1.29, 1.82) is 0 Å². The van der Waals surface area contributed by atoms with Crippen LogP contribution in [-0.4, -0.2) is 30.1 Å². The van der Waals surface area contributed by atoms with Crippen molar-refractivity contribution in [3.05, 3.63) is 35.1 Å². The molecule has 1 fully saturated rings. The molecule has 3 unspecified atom stereocenters. The predicted octanol–water partition coefficient (Wildman–Crippen LogP) is 3.34. The van der Waals surface area contributed by atoms with Gasteiger partial charge in [-0.2, -0.15) is 0 Å². The number of benzene rings is 1. The van der Waals surface area contributed by atoms with Crippen molar-refractivity contribution in [1.82, 2.24) is 10.2 Å². The van der Waals surface area contributed by atoms with Gasteiger partial charge in [0.15, 0.2) is 0 Å². The molecule has 1 aliphatic heterocycles. The van der Waals surface area contributed by atoms with Gasteiger partial charge in [0.25, 0.3) is 0 Å². The summed E-state index contributed by atoms with van der Waals surface area (Å²) in [5, 5.41) is 3.65. The molecule has 3 atom stereocenters. The van der Waals surface area contributed by atoms with Gasteiger partial charge in [0.05, 0.1) is 0 Å². The third-order valence-electron chi connectivity index (χ3n) is 4.75. The van der Waals surface area contributed by atoms with Gasteiger partial charge in [0, 0.05) is 31.7 Å². The van der Waals surface area contributed by atoms with Gasteiger partial charge in [0.2, 0.25) is 0 Å². The number of halogens is 1. The molecule has 1 aromatic rings. The van der Waals surface area contributed by atoms with E-state index in [4.69, 9.17) is 0 Å². The number of hydrogen-bond acceptors (Lipinski definition) is 2. The maximum absolute atomic E-state index is 13.4. The number of nitrogens with one attached hydrogen (secondary N) is 1. The second-order valence-electron chi connectivity index (χ2n) is 6.25. The molecular weight excluding hydrogens is 251 g/mol. The maximum atomic E-state index is 13.4. The van der Waals surface area contributed by atoms with Crippen LogP contribution in [0.5, 0.6) is 0 Å². The van der Waals surface area contributed by atoms with Crippen LogP contribution in [0.4, 0.5) is 4.39 Å². The normalized spacial score (nSPS) is 25.6. The van der Waals surface area contributed by atoms with E-state index in [0.29, 0.717) is 18.0 Å². The Morgan fingerprint density at radius 2 is 2.20 bits per heavy atom. The molecule has 0 saturated carbocycles. The Kier molecular flexibility index (Phi) is 5.17. The lowest BCUT2D eigenvalue weighted by Crippen LogP contribution is -2.56. The number of piperazine rings is 1. The third kappa shape index (κ3) is 3.58. The molecule has 112 valence electrons. The SMILES string of the molecule is CCC(C)C1CN(Cc2cc(F)ccc2C)C(C)CN1. The van der Waals surface area contributed by atoms with Crippen molar-refractivity contribution in [2.24, 2.45) is 5.92 Å². The van der Waals surface area contributed by atoms with E-state index in [2.05, 4.69) is 37.9 Å². The van der Waals surface area contributed by atoms with Crippen LogP contribution >= 0.6 is 0 Å². The summed E-state index contributed by atoms with van der Waals surface area (Å²) in [5.74, 6) is 0.547. The summed E-state index contributed by atoms with van der Waals surface area (Å²) in [5.41, 5.74) is 2.29. The number of aryl methyl sites for hydroxylation is 1. The summed E-state index contributed by atoms with van der Waals surface area (Å²) in [4.78, 5) is 2.48. The highest BCUT2D eigenvalue weighted by Gasteiger charge is 2.27. The molecule has 20 heavy (non-hydrogen) atoms. The lowest BCUT2D eigenvalue weighted by molar-refractivity contribution is 0.111. The van der Waals surface area contributed by atoms with E-state index < -0.39 is 0 Å². The van der Waals surface area contributed by atoms with Crippen LogP contribution in [0.1, 0.15) is 38.3 Å². The minimum atomic E-state index is -0.133. The van der Waals surface area contributed by atoms with Crippen LogP contribution in [0.15, 0.2) is 18.2 Å². The Balaban J connectivity index is 2.08. The van der Waals surface area contributed by atoms with Crippen molar-refractivity contribution in [3.63, 3.8) is 0 Å². The van der Waals surface area contributed by atoms with Crippen LogP contribution in [0.2, 0.25) is 0 Å². The average molecular weight is 278 g/mol. The first-order valence-electron chi connectivity index (χ1n) is 7.73. The molecule has 1 saturated heterocycles. The predicted molar refractivity (Wildman–Crippen MR) is 82.3 cm³/mol. The molecule has 1 heterocycles. The third-order valence-corrected chi connectivity index (χ3v) is 4.75. The van der Waals surface area contributed by atoms with Gasteiger partial charge in [-0.3, -0.25) is 4.90 Å². The Bertz CT molecular complexity index is 447. The van der Waals surface area contributed by atoms with Crippen LogP contribution in [0, 0.1) is 18.7 Å². The Labute approximate surface area is 122 Å². The first-order chi connectivity index (χ1) is 9.51. The highest BCUT2D eigenvalue weighted by atomic mass is 19.1. The Hall–Kier alpha value is -0.930. The highest BCUT2D eigenvalue weighted by Crippen LogP contribution is 2.20. The molecule has 2 rings (SSSR count). The van der Waals surface area contributed by atoms with Gasteiger partial charge in [-0.25, -0.2) is 4.39 Å². The van der Waals surface area contributed by atoms with Crippen molar-refractivity contribution >= 4 is 0 Å². The summed E-state index contributed by atoms with van der Waals surface area (Å²) in [7, 11) is 0. The van der Waals surface area contributed by atoms with Crippen molar-refractivity contribution < 1.29 is 4.39 Å². The number of nitrogens with zero attached hydrogens (tertiary/aromatic N) is 1. The zero-order valence-corrected chi connectivity index (χ0v) is 13.1. The average Bonchev–Trinajstić information content (AvgIpc) is 2.44. The zero-order valence-electron chi connectivity index (χ0n) is 13.1. The molecule has 1 N–H and O–H groups in total. The molecule has 3 heteroatoms. The van der Waals surface area contributed by atoms with Crippen molar-refractivity contribution in [2.75, 3.05) is 13.1 Å².